The molecule has 11 nitrogen and oxygen atoms in total. The van der Waals surface area contributed by atoms with Gasteiger partial charge in [0.25, 0.3) is 0 Å². The van der Waals surface area contributed by atoms with Crippen LogP contribution >= 0.6 is 0 Å². The van der Waals surface area contributed by atoms with Crippen molar-refractivity contribution in [3.05, 3.63) is 158 Å². The second kappa shape index (κ2) is 15.5. The summed E-state index contributed by atoms with van der Waals surface area (Å²) in [6.45, 7) is -0.703. The van der Waals surface area contributed by atoms with E-state index in [1.165, 1.54) is 0 Å². The van der Waals surface area contributed by atoms with Gasteiger partial charge in [-0.2, -0.15) is 0 Å². The third-order valence-electron chi connectivity index (χ3n) is 13.2. The molecule has 0 bridgehead atoms. The Labute approximate surface area is 423 Å². The smallest absolute Gasteiger partial charge is 0.221 e. The van der Waals surface area contributed by atoms with E-state index in [4.69, 9.17) is 43.3 Å². The van der Waals surface area contributed by atoms with E-state index in [1.807, 2.05) is 111 Å². The van der Waals surface area contributed by atoms with Gasteiger partial charge in [0.2, 0.25) is 13.4 Å². The van der Waals surface area contributed by atoms with Crippen LogP contribution in [0.25, 0.3) is 67.3 Å². The van der Waals surface area contributed by atoms with Gasteiger partial charge in [-0.1, -0.05) is 76.6 Å². The van der Waals surface area contributed by atoms with E-state index in [1.54, 1.807) is 12.4 Å². The minimum Gasteiger partial charge on any atom is -0.631 e. The largest absolute Gasteiger partial charge is 0.631 e. The molecule has 69 heavy (non-hydrogen) atoms. The quantitative estimate of drug-likeness (QED) is 0.140. The van der Waals surface area contributed by atoms with Gasteiger partial charge < -0.3 is 59.7 Å². The molecule has 4 aliphatic heterocycles. The summed E-state index contributed by atoms with van der Waals surface area (Å²) < 4.78 is 36.2. The first-order valence-electron chi connectivity index (χ1n) is 21.7. The molecule has 0 atom stereocenters. The van der Waals surface area contributed by atoms with Crippen LogP contribution in [-0.2, 0) is 56.2 Å². The zero-order valence-electron chi connectivity index (χ0n) is 36.1. The third-order valence-corrected chi connectivity index (χ3v) is 13.2. The fourth-order valence-corrected chi connectivity index (χ4v) is 10.1. The number of aryl methyl sites for hydroxylation is 2. The van der Waals surface area contributed by atoms with E-state index < -0.39 is 0 Å². The van der Waals surface area contributed by atoms with Gasteiger partial charge in [0.05, 0.1) is 33.7 Å². The minimum absolute atomic E-state index is 0. The van der Waals surface area contributed by atoms with E-state index in [9.17, 15) is 0 Å². The average Bonchev–Trinajstić information content (AvgIpc) is 4.09. The first kappa shape index (κ1) is 41.7. The molecular formula is C54H26B2N6O5Pt2-6. The van der Waals surface area contributed by atoms with Crippen molar-refractivity contribution in [1.29, 1.82) is 0 Å². The fraction of sp³-hybridized carbons (Fsp3) is 0.0370. The molecule has 0 fully saturated rings. The summed E-state index contributed by atoms with van der Waals surface area (Å²) in [6.07, 6.45) is 6.65. The standard InChI is InChI=1S/C54H26B2N6O5.2Pt/c1-61-40-11-5-3-9-38(40)59-51(61)31-23-36-53(57-26-31)66-46-15-7-13-44-49(46)55(36)34-21-29(17-19-42(34)64-44)33-25-48(63-28-33)30-18-20-43-35(22-30)56-37-24-32(52-60-39-10-4-6-12-41(39)62(52)2)27-58-54(37)67-47-16-8-14-45(65-43)50(47)56;;/h3-20,26-27H,1-2H3;;/q-6;;. The van der Waals surface area contributed by atoms with Crippen LogP contribution in [0.2, 0.25) is 0 Å². The van der Waals surface area contributed by atoms with E-state index in [0.717, 1.165) is 83.2 Å². The molecule has 0 aliphatic carbocycles. The maximum absolute atomic E-state index is 6.52. The molecule has 0 radical (unpaired) electrons. The van der Waals surface area contributed by atoms with Crippen LogP contribution in [0, 0.1) is 36.6 Å². The van der Waals surface area contributed by atoms with Crippen LogP contribution in [0.15, 0.2) is 126 Å². The number of fused-ring (bicyclic) bond motifs is 10. The number of pyridine rings is 2. The Kier molecular flexibility index (Phi) is 9.39. The SMILES string of the molecule is Cn1c(-c2[c-]c3c(nc2)Oc2cccc4c2B3c2[c-]c(-c3[c-]oc(-c5[c-]c6c(cc5)Oc5cccc7c5B6c5[c-]c(-c6nc8ccccc8n6C)cnc5O7)[c-]3)ccc2O4)nc2ccccc21.[Pt].[Pt]. The number of furan rings is 1. The zero-order chi connectivity index (χ0) is 44.1. The third kappa shape index (κ3) is 6.16. The molecule has 15 heteroatoms. The Morgan fingerprint density at radius 3 is 1.43 bits per heavy atom. The van der Waals surface area contributed by atoms with Crippen LogP contribution < -0.4 is 51.7 Å². The summed E-state index contributed by atoms with van der Waals surface area (Å²) in [5.41, 5.74) is 12.2. The average molecular weight is 1250 g/mol. The molecule has 0 saturated heterocycles. The first-order valence-corrected chi connectivity index (χ1v) is 21.7. The molecule has 0 N–H and O–H groups in total. The molecule has 5 aromatic heterocycles. The van der Waals surface area contributed by atoms with Crippen molar-refractivity contribution < 1.29 is 65.5 Å². The van der Waals surface area contributed by atoms with Crippen LogP contribution in [0.3, 0.4) is 0 Å². The van der Waals surface area contributed by atoms with Crippen molar-refractivity contribution in [3.8, 4) is 91.5 Å². The maximum atomic E-state index is 6.52. The van der Waals surface area contributed by atoms with Gasteiger partial charge in [-0.05, 0) is 48.5 Å². The van der Waals surface area contributed by atoms with E-state index >= 15 is 0 Å². The van der Waals surface area contributed by atoms with Gasteiger partial charge in [-0.15, -0.1) is 59.2 Å². The molecule has 0 unspecified atom stereocenters. The van der Waals surface area contributed by atoms with Gasteiger partial charge in [0, 0.05) is 78.7 Å². The van der Waals surface area contributed by atoms with Crippen LogP contribution in [0.4, 0.5) is 0 Å². The molecule has 9 heterocycles. The Hall–Kier alpha value is -7.45. The molecule has 4 aliphatic rings. The van der Waals surface area contributed by atoms with Gasteiger partial charge >= 0.3 is 0 Å². The second-order valence-corrected chi connectivity index (χ2v) is 16.9. The van der Waals surface area contributed by atoms with E-state index in [-0.39, 0.29) is 55.6 Å². The predicted octanol–water partition coefficient (Wildman–Crippen LogP) is 6.76. The fourth-order valence-electron chi connectivity index (χ4n) is 10.1. The summed E-state index contributed by atoms with van der Waals surface area (Å²) in [5, 5.41) is 0. The number of hydrogen-bond donors (Lipinski definition) is 0. The van der Waals surface area contributed by atoms with Crippen molar-refractivity contribution in [2.75, 3.05) is 0 Å². The maximum Gasteiger partial charge on any atom is 0.221 e. The number of rotatable bonds is 4. The van der Waals surface area contributed by atoms with Gasteiger partial charge in [-0.25, -0.2) is 12.1 Å². The van der Waals surface area contributed by atoms with Crippen molar-refractivity contribution in [2.24, 2.45) is 14.1 Å². The van der Waals surface area contributed by atoms with Gasteiger partial charge in [-0.3, -0.25) is 9.97 Å². The molecule has 6 aromatic carbocycles. The Morgan fingerprint density at radius 1 is 0.449 bits per heavy atom. The number of hydrogen-bond acceptors (Lipinski definition) is 9. The molecule has 334 valence electrons. The van der Waals surface area contributed by atoms with E-state index in [0.29, 0.717) is 63.1 Å². The van der Waals surface area contributed by atoms with Crippen molar-refractivity contribution >= 4 is 68.3 Å². The van der Waals surface area contributed by atoms with Crippen LogP contribution in [0.1, 0.15) is 0 Å². The monoisotopic (exact) mass is 1250 g/mol. The van der Waals surface area contributed by atoms with Gasteiger partial charge in [0.15, 0.2) is 0 Å². The summed E-state index contributed by atoms with van der Waals surface area (Å²) in [5.74, 6) is 6.97. The number of benzene rings is 6. The first-order chi connectivity index (χ1) is 33.0. The number of aromatic nitrogens is 6. The summed E-state index contributed by atoms with van der Waals surface area (Å²) >= 11 is 0. The number of nitrogens with zero attached hydrogens (tertiary/aromatic N) is 6. The summed E-state index contributed by atoms with van der Waals surface area (Å²) in [4.78, 5) is 19.6. The van der Waals surface area contributed by atoms with E-state index in [2.05, 4.69) is 57.9 Å². The normalized spacial score (nSPS) is 13.0. The molecule has 0 amide bonds. The van der Waals surface area contributed by atoms with Crippen LogP contribution in [0.5, 0.6) is 46.3 Å². The Bertz CT molecular complexity index is 3700. The van der Waals surface area contributed by atoms with Crippen molar-refractivity contribution in [2.45, 2.75) is 0 Å². The molecule has 11 aromatic rings. The topological polar surface area (TPSA) is 111 Å². The predicted molar refractivity (Wildman–Crippen MR) is 253 cm³/mol. The molecule has 0 spiro atoms. The second-order valence-electron chi connectivity index (χ2n) is 16.9. The van der Waals surface area contributed by atoms with Crippen molar-refractivity contribution in [1.82, 2.24) is 29.1 Å². The number of para-hydroxylation sites is 4. The molecule has 0 saturated carbocycles. The van der Waals surface area contributed by atoms with Crippen LogP contribution in [-0.4, -0.2) is 42.5 Å². The molecular weight excluding hydrogens is 1220 g/mol. The summed E-state index contributed by atoms with van der Waals surface area (Å²) in [7, 11) is 4.01. The minimum atomic E-state index is -0.355. The zero-order valence-corrected chi connectivity index (χ0v) is 40.6. The Morgan fingerprint density at radius 2 is 0.913 bits per heavy atom. The van der Waals surface area contributed by atoms with Crippen molar-refractivity contribution in [3.63, 3.8) is 0 Å². The summed E-state index contributed by atoms with van der Waals surface area (Å²) in [6, 6.07) is 53.6. The Balaban J connectivity index is 0.00000234. The van der Waals surface area contributed by atoms with Gasteiger partial charge in [0.1, 0.15) is 34.8 Å². The molecule has 15 rings (SSSR count). The number of ether oxygens (including phenoxy) is 4. The number of imidazole rings is 2.